The van der Waals surface area contributed by atoms with E-state index >= 15 is 0 Å². The second-order valence-corrected chi connectivity index (χ2v) is 5.77. The molecule has 1 heterocycles. The van der Waals surface area contributed by atoms with Crippen LogP contribution in [-0.2, 0) is 11.3 Å². The molecular weight excluding hydrogens is 310 g/mol. The first-order valence-corrected chi connectivity index (χ1v) is 7.09. The van der Waals surface area contributed by atoms with Crippen molar-refractivity contribution < 1.29 is 14.7 Å². The van der Waals surface area contributed by atoms with Crippen LogP contribution in [-0.4, -0.2) is 28.4 Å². The maximum Gasteiger partial charge on any atom is 0.335 e. The van der Waals surface area contributed by atoms with Gasteiger partial charge in [0.05, 0.1) is 5.56 Å². The summed E-state index contributed by atoms with van der Waals surface area (Å²) < 4.78 is 0.735. The molecule has 1 aromatic rings. The zero-order valence-electron chi connectivity index (χ0n) is 10.7. The first kappa shape index (κ1) is 14.1. The third kappa shape index (κ3) is 3.15. The summed E-state index contributed by atoms with van der Waals surface area (Å²) in [7, 11) is 0. The number of likely N-dealkylation sites (tertiary alicyclic amines) is 1. The molecule has 0 aliphatic carbocycles. The summed E-state index contributed by atoms with van der Waals surface area (Å²) in [6.07, 6.45) is 1.98. The average Bonchev–Trinajstić information content (AvgIpc) is 2.37. The third-order valence-electron chi connectivity index (χ3n) is 3.46. The molecule has 1 amide bonds. The molecule has 102 valence electrons. The number of halogens is 1. The highest BCUT2D eigenvalue weighted by atomic mass is 79.9. The lowest BCUT2D eigenvalue weighted by Crippen LogP contribution is -2.39. The molecule has 1 aliphatic heterocycles. The van der Waals surface area contributed by atoms with Crippen LogP contribution < -0.4 is 0 Å². The first-order chi connectivity index (χ1) is 8.99. The minimum Gasteiger partial charge on any atom is -0.478 e. The molecule has 1 aromatic carbocycles. The number of amides is 1. The van der Waals surface area contributed by atoms with Gasteiger partial charge in [0.1, 0.15) is 0 Å². The maximum atomic E-state index is 12.0. The van der Waals surface area contributed by atoms with E-state index in [1.165, 1.54) is 0 Å². The number of carbonyl (C=O) groups is 2. The highest BCUT2D eigenvalue weighted by Crippen LogP contribution is 2.24. The van der Waals surface area contributed by atoms with Crippen molar-refractivity contribution in [1.82, 2.24) is 4.90 Å². The average molecular weight is 326 g/mol. The number of carboxylic acids is 1. The second kappa shape index (κ2) is 5.74. The normalized spacial score (nSPS) is 19.6. The van der Waals surface area contributed by atoms with Crippen LogP contribution in [0.4, 0.5) is 0 Å². The van der Waals surface area contributed by atoms with E-state index in [1.807, 2.05) is 11.8 Å². The molecule has 4 nitrogen and oxygen atoms in total. The number of hydrogen-bond acceptors (Lipinski definition) is 2. The highest BCUT2D eigenvalue weighted by Gasteiger charge is 2.25. The minimum atomic E-state index is -0.949. The molecule has 19 heavy (non-hydrogen) atoms. The molecule has 1 saturated heterocycles. The molecule has 0 spiro atoms. The third-order valence-corrected chi connectivity index (χ3v) is 4.20. The van der Waals surface area contributed by atoms with Crippen molar-refractivity contribution in [3.8, 4) is 0 Å². The van der Waals surface area contributed by atoms with Gasteiger partial charge in [0.15, 0.2) is 0 Å². The van der Waals surface area contributed by atoms with Crippen LogP contribution in [0.2, 0.25) is 0 Å². The van der Waals surface area contributed by atoms with Crippen LogP contribution in [0.25, 0.3) is 0 Å². The Hall–Kier alpha value is -1.36. The van der Waals surface area contributed by atoms with Crippen LogP contribution in [0.1, 0.15) is 35.7 Å². The van der Waals surface area contributed by atoms with Crippen LogP contribution in [0.5, 0.6) is 0 Å². The Morgan fingerprint density at radius 3 is 2.89 bits per heavy atom. The Morgan fingerprint density at radius 2 is 2.26 bits per heavy atom. The van der Waals surface area contributed by atoms with E-state index in [0.717, 1.165) is 29.4 Å². The highest BCUT2D eigenvalue weighted by molar-refractivity contribution is 9.10. The largest absolute Gasteiger partial charge is 0.478 e. The molecule has 1 atom stereocenters. The lowest BCUT2D eigenvalue weighted by Gasteiger charge is -2.31. The number of benzene rings is 1. The number of carbonyl (C=O) groups excluding carboxylic acids is 1. The van der Waals surface area contributed by atoms with E-state index < -0.39 is 5.97 Å². The monoisotopic (exact) mass is 325 g/mol. The van der Waals surface area contributed by atoms with Crippen LogP contribution in [0.15, 0.2) is 22.7 Å². The summed E-state index contributed by atoms with van der Waals surface area (Å²) in [5.41, 5.74) is 1.18. The predicted molar refractivity (Wildman–Crippen MR) is 74.9 cm³/mol. The van der Waals surface area contributed by atoms with Crippen molar-refractivity contribution in [2.24, 2.45) is 5.92 Å². The fraction of sp³-hybridized carbons (Fsp3) is 0.429. The quantitative estimate of drug-likeness (QED) is 0.929. The molecule has 1 N–H and O–H groups in total. The molecular formula is C14H16BrNO3. The van der Waals surface area contributed by atoms with Gasteiger partial charge in [0, 0.05) is 23.5 Å². The molecule has 0 aromatic heterocycles. The summed E-state index contributed by atoms with van der Waals surface area (Å²) in [5.74, 6) is -0.679. The van der Waals surface area contributed by atoms with Crippen molar-refractivity contribution in [3.63, 3.8) is 0 Å². The Balaban J connectivity index is 2.15. The molecule has 2 rings (SSSR count). The van der Waals surface area contributed by atoms with Gasteiger partial charge in [-0.2, -0.15) is 0 Å². The summed E-state index contributed by atoms with van der Waals surface area (Å²) in [5, 5.41) is 8.91. The summed E-state index contributed by atoms with van der Waals surface area (Å²) in [6.45, 7) is 3.26. The lowest BCUT2D eigenvalue weighted by molar-refractivity contribution is -0.138. The molecule has 1 unspecified atom stereocenters. The zero-order valence-corrected chi connectivity index (χ0v) is 12.3. The molecule has 0 bridgehead atoms. The minimum absolute atomic E-state index is 0.0887. The Bertz CT molecular complexity index is 515. The van der Waals surface area contributed by atoms with Crippen LogP contribution in [0, 0.1) is 5.92 Å². The van der Waals surface area contributed by atoms with E-state index in [2.05, 4.69) is 15.9 Å². The van der Waals surface area contributed by atoms with Crippen molar-refractivity contribution in [1.29, 1.82) is 0 Å². The fourth-order valence-corrected chi connectivity index (χ4v) is 2.81. The zero-order chi connectivity index (χ0) is 14.0. The van der Waals surface area contributed by atoms with E-state index in [4.69, 9.17) is 5.11 Å². The van der Waals surface area contributed by atoms with Crippen molar-refractivity contribution in [2.45, 2.75) is 26.3 Å². The van der Waals surface area contributed by atoms with E-state index in [0.29, 0.717) is 6.54 Å². The summed E-state index contributed by atoms with van der Waals surface area (Å²) in [6, 6.07) is 4.91. The van der Waals surface area contributed by atoms with Gasteiger partial charge < -0.3 is 10.0 Å². The van der Waals surface area contributed by atoms with Gasteiger partial charge in [-0.3, -0.25) is 4.79 Å². The number of piperidine rings is 1. The number of aromatic carboxylic acids is 1. The van der Waals surface area contributed by atoms with Crippen molar-refractivity contribution in [3.05, 3.63) is 33.8 Å². The van der Waals surface area contributed by atoms with Gasteiger partial charge in [0.25, 0.3) is 0 Å². The number of rotatable bonds is 3. The van der Waals surface area contributed by atoms with Gasteiger partial charge in [-0.1, -0.05) is 28.9 Å². The van der Waals surface area contributed by atoms with E-state index in [-0.39, 0.29) is 17.4 Å². The van der Waals surface area contributed by atoms with Crippen molar-refractivity contribution in [2.75, 3.05) is 6.54 Å². The number of nitrogens with zero attached hydrogens (tertiary/aromatic N) is 1. The van der Waals surface area contributed by atoms with Crippen LogP contribution in [0.3, 0.4) is 0 Å². The Labute approximate surface area is 120 Å². The van der Waals surface area contributed by atoms with Gasteiger partial charge in [-0.05, 0) is 30.5 Å². The van der Waals surface area contributed by atoms with Gasteiger partial charge >= 0.3 is 5.97 Å². The van der Waals surface area contributed by atoms with Gasteiger partial charge in [-0.15, -0.1) is 0 Å². The van der Waals surface area contributed by atoms with E-state index in [1.54, 1.807) is 18.2 Å². The second-order valence-electron chi connectivity index (χ2n) is 4.91. The Morgan fingerprint density at radius 1 is 1.53 bits per heavy atom. The predicted octanol–water partition coefficient (Wildman–Crippen LogP) is 2.91. The maximum absolute atomic E-state index is 12.0. The van der Waals surface area contributed by atoms with Gasteiger partial charge in [0.2, 0.25) is 5.91 Å². The van der Waals surface area contributed by atoms with E-state index in [9.17, 15) is 9.59 Å². The Kier molecular flexibility index (Phi) is 4.24. The molecule has 0 radical (unpaired) electrons. The smallest absolute Gasteiger partial charge is 0.335 e. The molecule has 5 heteroatoms. The molecule has 1 aliphatic rings. The number of carboxylic acid groups (broad SMARTS) is 1. The molecule has 0 saturated carbocycles. The van der Waals surface area contributed by atoms with Crippen LogP contribution >= 0.6 is 15.9 Å². The standard InChI is InChI=1S/C14H16BrNO3/c1-9-3-2-6-16(13(9)17)8-11-5-4-10(14(18)19)7-12(11)15/h4-5,7,9H,2-3,6,8H2,1H3,(H,18,19). The lowest BCUT2D eigenvalue weighted by atomic mass is 9.98. The first-order valence-electron chi connectivity index (χ1n) is 6.29. The SMILES string of the molecule is CC1CCCN(Cc2ccc(C(=O)O)cc2Br)C1=O. The number of hydrogen-bond donors (Lipinski definition) is 1. The topological polar surface area (TPSA) is 57.6 Å². The van der Waals surface area contributed by atoms with Gasteiger partial charge in [-0.25, -0.2) is 4.79 Å². The van der Waals surface area contributed by atoms with Crippen molar-refractivity contribution >= 4 is 27.8 Å². The fourth-order valence-electron chi connectivity index (χ4n) is 2.30. The summed E-state index contributed by atoms with van der Waals surface area (Å²) in [4.78, 5) is 24.7. The summed E-state index contributed by atoms with van der Waals surface area (Å²) >= 11 is 3.38. The molecule has 1 fully saturated rings.